The zero-order chi connectivity index (χ0) is 41.7. The summed E-state index contributed by atoms with van der Waals surface area (Å²) in [6.07, 6.45) is 0. The summed E-state index contributed by atoms with van der Waals surface area (Å²) < 4.78 is 5.03. The quantitative estimate of drug-likeness (QED) is 0.148. The molecule has 0 N–H and O–H groups in total. The van der Waals surface area contributed by atoms with Crippen LogP contribution < -0.4 is 4.90 Å². The molecule has 0 atom stereocenters. The second-order valence-electron chi connectivity index (χ2n) is 16.0. The lowest BCUT2D eigenvalue weighted by atomic mass is 9.88. The first kappa shape index (κ1) is 36.8. The molecule has 0 saturated carbocycles. The molecule has 2 heterocycles. The van der Waals surface area contributed by atoms with Crippen LogP contribution in [0.4, 0.5) is 17.1 Å². The van der Waals surface area contributed by atoms with E-state index in [2.05, 4.69) is 252 Å². The maximum atomic E-state index is 2.48. The van der Waals surface area contributed by atoms with Gasteiger partial charge < -0.3 is 9.47 Å². The largest absolute Gasteiger partial charge is 0.309 e. The fraction of sp³-hybridized carbons (Fsp3) is 0. The summed E-state index contributed by atoms with van der Waals surface area (Å²) in [5, 5.41) is 5.04. The topological polar surface area (TPSA) is 8.17 Å². The highest BCUT2D eigenvalue weighted by atomic mass is 32.1. The zero-order valence-electron chi connectivity index (χ0n) is 34.4. The smallest absolute Gasteiger partial charge is 0.0562 e. The highest BCUT2D eigenvalue weighted by molar-refractivity contribution is 7.25. The van der Waals surface area contributed by atoms with Crippen LogP contribution in [0.5, 0.6) is 0 Å². The van der Waals surface area contributed by atoms with E-state index in [1.54, 1.807) is 0 Å². The Labute approximate surface area is 370 Å². The summed E-state index contributed by atoms with van der Waals surface area (Å²) in [5.74, 6) is 0. The lowest BCUT2D eigenvalue weighted by molar-refractivity contribution is 1.18. The predicted octanol–water partition coefficient (Wildman–Crippen LogP) is 17.3. The molecule has 2 nitrogen and oxygen atoms in total. The van der Waals surface area contributed by atoms with Crippen LogP contribution in [-0.2, 0) is 0 Å². The minimum absolute atomic E-state index is 1.08. The van der Waals surface area contributed by atoms with Gasteiger partial charge in [0.15, 0.2) is 0 Å². The minimum Gasteiger partial charge on any atom is -0.309 e. The van der Waals surface area contributed by atoms with Gasteiger partial charge in [-0.25, -0.2) is 0 Å². The van der Waals surface area contributed by atoms with Crippen LogP contribution in [-0.4, -0.2) is 4.57 Å². The number of thiophene rings is 1. The fourth-order valence-corrected chi connectivity index (χ4v) is 10.7. The lowest BCUT2D eigenvalue weighted by Gasteiger charge is -2.29. The Morgan fingerprint density at radius 3 is 1.63 bits per heavy atom. The molecule has 12 rings (SSSR count). The van der Waals surface area contributed by atoms with Gasteiger partial charge in [-0.3, -0.25) is 0 Å². The normalized spacial score (nSPS) is 11.5. The molecular formula is C60H40N2S. The number of hydrogen-bond donors (Lipinski definition) is 0. The third-order valence-electron chi connectivity index (χ3n) is 12.4. The number of aromatic nitrogens is 1. The molecule has 0 fully saturated rings. The second-order valence-corrected chi connectivity index (χ2v) is 17.1. The molecule has 0 spiro atoms. The average Bonchev–Trinajstić information content (AvgIpc) is 3.91. The Morgan fingerprint density at radius 1 is 0.317 bits per heavy atom. The van der Waals surface area contributed by atoms with Gasteiger partial charge in [0, 0.05) is 47.9 Å². The van der Waals surface area contributed by atoms with Gasteiger partial charge in [-0.05, 0) is 99.6 Å². The van der Waals surface area contributed by atoms with E-state index in [9.17, 15) is 0 Å². The molecule has 0 unspecified atom stereocenters. The van der Waals surface area contributed by atoms with Gasteiger partial charge in [-0.1, -0.05) is 182 Å². The molecule has 296 valence electrons. The maximum absolute atomic E-state index is 2.48. The van der Waals surface area contributed by atoms with E-state index in [4.69, 9.17) is 0 Å². The Balaban J connectivity index is 1.08. The van der Waals surface area contributed by atoms with E-state index in [1.807, 2.05) is 11.3 Å². The van der Waals surface area contributed by atoms with Crippen molar-refractivity contribution in [1.82, 2.24) is 4.57 Å². The van der Waals surface area contributed by atoms with Crippen LogP contribution in [0, 0.1) is 0 Å². The van der Waals surface area contributed by atoms with Gasteiger partial charge in [-0.2, -0.15) is 0 Å². The van der Waals surface area contributed by atoms with Gasteiger partial charge in [0.1, 0.15) is 0 Å². The fourth-order valence-electron chi connectivity index (χ4n) is 9.59. The van der Waals surface area contributed by atoms with Crippen LogP contribution in [0.25, 0.3) is 92.2 Å². The molecule has 12 aromatic rings. The van der Waals surface area contributed by atoms with Crippen LogP contribution in [0.15, 0.2) is 243 Å². The van der Waals surface area contributed by atoms with Crippen molar-refractivity contribution in [1.29, 1.82) is 0 Å². The van der Waals surface area contributed by atoms with Gasteiger partial charge in [-0.15, -0.1) is 11.3 Å². The average molecular weight is 821 g/mol. The van der Waals surface area contributed by atoms with Crippen molar-refractivity contribution in [2.75, 3.05) is 4.90 Å². The van der Waals surface area contributed by atoms with Crippen molar-refractivity contribution in [3.63, 3.8) is 0 Å². The first-order valence-electron chi connectivity index (χ1n) is 21.5. The molecule has 0 radical (unpaired) electrons. The van der Waals surface area contributed by atoms with Crippen molar-refractivity contribution < 1.29 is 0 Å². The standard InChI is InChI=1S/C60H40N2S/c1-3-18-42(19-4-1)46-22-7-8-23-47(46)48-24-9-10-25-49(48)50-26-11-14-29-54(50)62(45-37-34-41(35-38-45)43-36-39-52-51-27-13-16-33-58(51)63-59(52)40-43)57-32-17-31-56-60(57)53-28-12-15-30-55(53)61(56)44-20-5-2-6-21-44/h1-40H. The number of anilines is 3. The molecule has 0 aliphatic carbocycles. The van der Waals surface area contributed by atoms with Crippen molar-refractivity contribution >= 4 is 70.4 Å². The Morgan fingerprint density at radius 2 is 0.857 bits per heavy atom. The number of nitrogens with zero attached hydrogens (tertiary/aromatic N) is 2. The third kappa shape index (κ3) is 6.33. The van der Waals surface area contributed by atoms with Gasteiger partial charge >= 0.3 is 0 Å². The summed E-state index contributed by atoms with van der Waals surface area (Å²) in [4.78, 5) is 2.48. The van der Waals surface area contributed by atoms with E-state index in [1.165, 1.54) is 75.4 Å². The van der Waals surface area contributed by atoms with E-state index in [-0.39, 0.29) is 0 Å². The van der Waals surface area contributed by atoms with Crippen molar-refractivity contribution in [3.05, 3.63) is 243 Å². The lowest BCUT2D eigenvalue weighted by Crippen LogP contribution is -2.12. The molecule has 10 aromatic carbocycles. The highest BCUT2D eigenvalue weighted by Gasteiger charge is 2.24. The Hall–Kier alpha value is -7.98. The summed E-state index contributed by atoms with van der Waals surface area (Å²) in [6.45, 7) is 0. The number of fused-ring (bicyclic) bond motifs is 6. The monoisotopic (exact) mass is 820 g/mol. The van der Waals surface area contributed by atoms with Crippen LogP contribution >= 0.6 is 11.3 Å². The van der Waals surface area contributed by atoms with Gasteiger partial charge in [0.05, 0.1) is 22.4 Å². The molecule has 2 aromatic heterocycles. The minimum atomic E-state index is 1.08. The molecule has 0 amide bonds. The van der Waals surface area contributed by atoms with Crippen molar-refractivity contribution in [3.8, 4) is 50.2 Å². The van der Waals surface area contributed by atoms with Crippen molar-refractivity contribution in [2.45, 2.75) is 0 Å². The number of rotatable bonds is 8. The van der Waals surface area contributed by atoms with E-state index >= 15 is 0 Å². The summed E-state index contributed by atoms with van der Waals surface area (Å²) >= 11 is 1.86. The Bertz CT molecular complexity index is 3620. The maximum Gasteiger partial charge on any atom is 0.0562 e. The first-order valence-corrected chi connectivity index (χ1v) is 22.3. The number of hydrogen-bond acceptors (Lipinski definition) is 2. The highest BCUT2D eigenvalue weighted by Crippen LogP contribution is 2.49. The first-order chi connectivity index (χ1) is 31.3. The summed E-state index contributed by atoms with van der Waals surface area (Å²) in [5.41, 5.74) is 16.3. The second kappa shape index (κ2) is 15.5. The molecule has 0 aliphatic rings. The molecular weight excluding hydrogens is 781 g/mol. The van der Waals surface area contributed by atoms with Crippen LogP contribution in [0.3, 0.4) is 0 Å². The molecule has 3 heteroatoms. The van der Waals surface area contributed by atoms with E-state index in [0.29, 0.717) is 0 Å². The summed E-state index contributed by atoms with van der Waals surface area (Å²) in [7, 11) is 0. The van der Waals surface area contributed by atoms with Crippen LogP contribution in [0.2, 0.25) is 0 Å². The number of benzene rings is 10. The van der Waals surface area contributed by atoms with Crippen LogP contribution in [0.1, 0.15) is 0 Å². The predicted molar refractivity (Wildman–Crippen MR) is 270 cm³/mol. The van der Waals surface area contributed by atoms with Crippen molar-refractivity contribution in [2.24, 2.45) is 0 Å². The zero-order valence-corrected chi connectivity index (χ0v) is 35.2. The third-order valence-corrected chi connectivity index (χ3v) is 13.6. The van der Waals surface area contributed by atoms with E-state index in [0.717, 1.165) is 33.8 Å². The molecule has 0 bridgehead atoms. The SMILES string of the molecule is c1ccc(-c2ccccc2-c2ccccc2-c2ccccc2N(c2ccc(-c3ccc4c(c3)sc3ccccc34)cc2)c2cccc3c2c2ccccc2n3-c2ccccc2)cc1. The Kier molecular flexibility index (Phi) is 9.06. The number of para-hydroxylation sites is 3. The molecule has 0 aliphatic heterocycles. The van der Waals surface area contributed by atoms with Gasteiger partial charge in [0.25, 0.3) is 0 Å². The summed E-state index contributed by atoms with van der Waals surface area (Å²) in [6, 6.07) is 88.4. The molecule has 0 saturated heterocycles. The van der Waals surface area contributed by atoms with Gasteiger partial charge in [0.2, 0.25) is 0 Å². The molecule has 63 heavy (non-hydrogen) atoms. The van der Waals surface area contributed by atoms with E-state index < -0.39 is 0 Å².